The SMILES string of the molecule is Fc1cccc(F)c1Cc1nc2ncc(Br)cc2[nH]1. The molecule has 0 fully saturated rings. The smallest absolute Gasteiger partial charge is 0.177 e. The summed E-state index contributed by atoms with van der Waals surface area (Å²) in [6.45, 7) is 0. The Labute approximate surface area is 115 Å². The second kappa shape index (κ2) is 4.70. The third-order valence-electron chi connectivity index (χ3n) is 2.76. The number of fused-ring (bicyclic) bond motifs is 1. The topological polar surface area (TPSA) is 41.6 Å². The maximum Gasteiger partial charge on any atom is 0.177 e. The summed E-state index contributed by atoms with van der Waals surface area (Å²) in [5, 5.41) is 0. The zero-order valence-corrected chi connectivity index (χ0v) is 11.2. The highest BCUT2D eigenvalue weighted by Gasteiger charge is 2.12. The third-order valence-corrected chi connectivity index (χ3v) is 3.19. The molecule has 0 aliphatic rings. The largest absolute Gasteiger partial charge is 0.340 e. The monoisotopic (exact) mass is 323 g/mol. The number of hydrogen-bond acceptors (Lipinski definition) is 2. The van der Waals surface area contributed by atoms with Crippen LogP contribution in [0.4, 0.5) is 8.78 Å². The summed E-state index contributed by atoms with van der Waals surface area (Å²) in [5.41, 5.74) is 1.25. The van der Waals surface area contributed by atoms with Crippen molar-refractivity contribution in [3.8, 4) is 0 Å². The number of hydrogen-bond donors (Lipinski definition) is 1. The van der Waals surface area contributed by atoms with Crippen LogP contribution in [0.5, 0.6) is 0 Å². The van der Waals surface area contributed by atoms with E-state index in [2.05, 4.69) is 30.9 Å². The van der Waals surface area contributed by atoms with Gasteiger partial charge in [-0.05, 0) is 34.1 Å². The molecule has 1 aromatic carbocycles. The molecule has 96 valence electrons. The molecule has 0 saturated heterocycles. The Balaban J connectivity index is 2.01. The number of H-pyrrole nitrogens is 1. The first-order valence-corrected chi connectivity index (χ1v) is 6.36. The quantitative estimate of drug-likeness (QED) is 0.783. The van der Waals surface area contributed by atoms with Gasteiger partial charge in [0.2, 0.25) is 0 Å². The maximum absolute atomic E-state index is 13.6. The number of aromatic nitrogens is 3. The summed E-state index contributed by atoms with van der Waals surface area (Å²) in [7, 11) is 0. The van der Waals surface area contributed by atoms with Gasteiger partial charge in [-0.25, -0.2) is 18.7 Å². The molecule has 1 N–H and O–H groups in total. The van der Waals surface area contributed by atoms with Gasteiger partial charge in [0, 0.05) is 22.7 Å². The van der Waals surface area contributed by atoms with Crippen LogP contribution in [0, 0.1) is 11.6 Å². The minimum Gasteiger partial charge on any atom is -0.340 e. The Morgan fingerprint density at radius 2 is 1.95 bits per heavy atom. The van der Waals surface area contributed by atoms with E-state index in [4.69, 9.17) is 0 Å². The van der Waals surface area contributed by atoms with Gasteiger partial charge in [0.05, 0.1) is 5.52 Å². The summed E-state index contributed by atoms with van der Waals surface area (Å²) in [6, 6.07) is 5.62. The normalized spacial score (nSPS) is 11.1. The molecule has 0 spiro atoms. The molecule has 0 amide bonds. The number of nitrogens with zero attached hydrogens (tertiary/aromatic N) is 2. The van der Waals surface area contributed by atoms with Gasteiger partial charge in [-0.1, -0.05) is 6.07 Å². The van der Waals surface area contributed by atoms with Gasteiger partial charge in [0.15, 0.2) is 5.65 Å². The number of aromatic amines is 1. The second-order valence-electron chi connectivity index (χ2n) is 4.09. The highest BCUT2D eigenvalue weighted by Crippen LogP contribution is 2.19. The van der Waals surface area contributed by atoms with Crippen LogP contribution in [0.2, 0.25) is 0 Å². The van der Waals surface area contributed by atoms with E-state index in [0.717, 1.165) is 9.99 Å². The average molecular weight is 324 g/mol. The molecule has 0 aliphatic carbocycles. The summed E-state index contributed by atoms with van der Waals surface area (Å²) >= 11 is 3.30. The lowest BCUT2D eigenvalue weighted by atomic mass is 10.1. The lowest BCUT2D eigenvalue weighted by Crippen LogP contribution is -1.98. The fourth-order valence-electron chi connectivity index (χ4n) is 1.88. The van der Waals surface area contributed by atoms with Crippen LogP contribution in [0.3, 0.4) is 0 Å². The minimum atomic E-state index is -0.574. The first kappa shape index (κ1) is 12.2. The van der Waals surface area contributed by atoms with Crippen molar-refractivity contribution < 1.29 is 8.78 Å². The zero-order chi connectivity index (χ0) is 13.4. The Bertz CT molecular complexity index is 734. The van der Waals surface area contributed by atoms with Crippen molar-refractivity contribution in [2.45, 2.75) is 6.42 Å². The van der Waals surface area contributed by atoms with Gasteiger partial charge in [0.25, 0.3) is 0 Å². The van der Waals surface area contributed by atoms with Crippen molar-refractivity contribution in [3.05, 3.63) is 58.0 Å². The number of halogens is 3. The standard InChI is InChI=1S/C13H8BrF2N3/c14-7-4-11-13(17-6-7)19-12(18-11)5-8-9(15)2-1-3-10(8)16/h1-4,6H,5H2,(H,17,18,19). The van der Waals surface area contributed by atoms with Crippen LogP contribution >= 0.6 is 15.9 Å². The number of rotatable bonds is 2. The number of benzene rings is 1. The van der Waals surface area contributed by atoms with E-state index in [1.165, 1.54) is 18.2 Å². The molecule has 0 bridgehead atoms. The Kier molecular flexibility index (Phi) is 3.02. The van der Waals surface area contributed by atoms with Crippen LogP contribution in [-0.2, 0) is 6.42 Å². The predicted molar refractivity (Wildman–Crippen MR) is 70.8 cm³/mol. The molecular weight excluding hydrogens is 316 g/mol. The highest BCUT2D eigenvalue weighted by atomic mass is 79.9. The van der Waals surface area contributed by atoms with Crippen LogP contribution in [0.1, 0.15) is 11.4 Å². The highest BCUT2D eigenvalue weighted by molar-refractivity contribution is 9.10. The maximum atomic E-state index is 13.6. The van der Waals surface area contributed by atoms with Crippen molar-refractivity contribution >= 4 is 27.1 Å². The van der Waals surface area contributed by atoms with E-state index in [1.807, 2.05) is 6.07 Å². The summed E-state index contributed by atoms with van der Waals surface area (Å²) < 4.78 is 27.9. The van der Waals surface area contributed by atoms with Crippen LogP contribution in [-0.4, -0.2) is 15.0 Å². The van der Waals surface area contributed by atoms with E-state index in [-0.39, 0.29) is 12.0 Å². The van der Waals surface area contributed by atoms with E-state index in [1.54, 1.807) is 6.20 Å². The molecular formula is C13H8BrF2N3. The third kappa shape index (κ3) is 2.35. The number of nitrogens with one attached hydrogen (secondary N) is 1. The van der Waals surface area contributed by atoms with Gasteiger partial charge in [0.1, 0.15) is 17.5 Å². The van der Waals surface area contributed by atoms with E-state index in [9.17, 15) is 8.78 Å². The molecule has 2 aromatic heterocycles. The van der Waals surface area contributed by atoms with Crippen molar-refractivity contribution in [1.29, 1.82) is 0 Å². The molecule has 3 rings (SSSR count). The predicted octanol–water partition coefficient (Wildman–Crippen LogP) is 3.59. The van der Waals surface area contributed by atoms with E-state index >= 15 is 0 Å². The van der Waals surface area contributed by atoms with Gasteiger partial charge in [-0.2, -0.15) is 0 Å². The minimum absolute atomic E-state index is 0.000576. The molecule has 0 unspecified atom stereocenters. The van der Waals surface area contributed by atoms with Gasteiger partial charge < -0.3 is 4.98 Å². The lowest BCUT2D eigenvalue weighted by molar-refractivity contribution is 0.559. The second-order valence-corrected chi connectivity index (χ2v) is 5.00. The molecule has 0 radical (unpaired) electrons. The fourth-order valence-corrected chi connectivity index (χ4v) is 2.21. The van der Waals surface area contributed by atoms with Crippen LogP contribution < -0.4 is 0 Å². The summed E-state index contributed by atoms with van der Waals surface area (Å²) in [6.07, 6.45) is 1.68. The van der Waals surface area contributed by atoms with Crippen molar-refractivity contribution in [1.82, 2.24) is 15.0 Å². The molecule has 2 heterocycles. The van der Waals surface area contributed by atoms with Crippen molar-refractivity contribution in [2.75, 3.05) is 0 Å². The fraction of sp³-hybridized carbons (Fsp3) is 0.0769. The van der Waals surface area contributed by atoms with Gasteiger partial charge in [-0.15, -0.1) is 0 Å². The molecule has 3 aromatic rings. The Morgan fingerprint density at radius 3 is 2.68 bits per heavy atom. The number of imidazole rings is 1. The zero-order valence-electron chi connectivity index (χ0n) is 9.62. The first-order valence-electron chi connectivity index (χ1n) is 5.56. The molecule has 3 nitrogen and oxygen atoms in total. The van der Waals surface area contributed by atoms with E-state index in [0.29, 0.717) is 11.5 Å². The van der Waals surface area contributed by atoms with Crippen LogP contribution in [0.15, 0.2) is 34.9 Å². The lowest BCUT2D eigenvalue weighted by Gasteiger charge is -2.01. The molecule has 0 saturated carbocycles. The Hall–Kier alpha value is -1.82. The van der Waals surface area contributed by atoms with Crippen LogP contribution in [0.25, 0.3) is 11.2 Å². The van der Waals surface area contributed by atoms with Gasteiger partial charge >= 0.3 is 0 Å². The average Bonchev–Trinajstić information content (AvgIpc) is 2.75. The first-order chi connectivity index (χ1) is 9.13. The van der Waals surface area contributed by atoms with Crippen molar-refractivity contribution in [2.24, 2.45) is 0 Å². The Morgan fingerprint density at radius 1 is 1.21 bits per heavy atom. The summed E-state index contributed by atoms with van der Waals surface area (Å²) in [4.78, 5) is 11.3. The molecule has 6 heteroatoms. The molecule has 0 aliphatic heterocycles. The molecule has 0 atom stereocenters. The molecule has 19 heavy (non-hydrogen) atoms. The van der Waals surface area contributed by atoms with Crippen molar-refractivity contribution in [3.63, 3.8) is 0 Å². The van der Waals surface area contributed by atoms with Gasteiger partial charge in [-0.3, -0.25) is 0 Å². The van der Waals surface area contributed by atoms with E-state index < -0.39 is 11.6 Å². The number of pyridine rings is 1. The summed E-state index contributed by atoms with van der Waals surface area (Å²) in [5.74, 6) is -0.672.